The van der Waals surface area contributed by atoms with Gasteiger partial charge in [-0.3, -0.25) is 0 Å². The normalized spacial score (nSPS) is 18.6. The summed E-state index contributed by atoms with van der Waals surface area (Å²) < 4.78 is 80.0. The Kier molecular flexibility index (Phi) is 3.11. The minimum absolute atomic E-state index is 1.15. The Bertz CT molecular complexity index is 170. The average Bonchev–Trinajstić information content (AvgIpc) is 1.81. The molecular formula is C3BrF6OS+. The van der Waals surface area contributed by atoms with Crippen LogP contribution in [0.25, 0.3) is 0 Å². The molecule has 72 valence electrons. The standard InChI is InChI=1S/C3BrF6OS/c4-2(6,7)1(5,12-11)3(8,9)10/q+1. The van der Waals surface area contributed by atoms with Gasteiger partial charge in [-0.05, 0) is 0 Å². The van der Waals surface area contributed by atoms with Crippen molar-refractivity contribution in [2.45, 2.75) is 16.0 Å². The van der Waals surface area contributed by atoms with Crippen molar-refractivity contribution in [3.05, 3.63) is 0 Å². The van der Waals surface area contributed by atoms with Gasteiger partial charge < -0.3 is 0 Å². The van der Waals surface area contributed by atoms with Gasteiger partial charge in [-0.15, -0.1) is 0 Å². The smallest absolute Gasteiger partial charge is 0.183 e. The molecular weight excluding hydrogens is 278 g/mol. The van der Waals surface area contributed by atoms with E-state index in [0.717, 1.165) is 15.9 Å². The zero-order valence-corrected chi connectivity index (χ0v) is 7.36. The molecule has 0 heterocycles. The second kappa shape index (κ2) is 3.09. The van der Waals surface area contributed by atoms with Gasteiger partial charge in [0.25, 0.3) is 0 Å². The minimum atomic E-state index is -5.92. The molecule has 0 saturated carbocycles. The summed E-state index contributed by atoms with van der Waals surface area (Å²) in [5, 5.41) is -5.14. The van der Waals surface area contributed by atoms with Gasteiger partial charge in [-0.25, -0.2) is 0 Å². The van der Waals surface area contributed by atoms with Crippen molar-refractivity contribution in [2.24, 2.45) is 0 Å². The fourth-order valence-corrected chi connectivity index (χ4v) is 0.867. The molecule has 0 radical (unpaired) electrons. The maximum Gasteiger partial charge on any atom is 0.548 e. The van der Waals surface area contributed by atoms with E-state index in [1.165, 1.54) is 0 Å². The van der Waals surface area contributed by atoms with Crippen LogP contribution in [0.3, 0.4) is 0 Å². The fourth-order valence-electron chi connectivity index (χ4n) is 0.255. The van der Waals surface area contributed by atoms with Gasteiger partial charge in [-0.1, -0.05) is 0 Å². The maximum atomic E-state index is 12.3. The Morgan fingerprint density at radius 3 is 1.33 bits per heavy atom. The summed E-state index contributed by atoms with van der Waals surface area (Å²) in [5.74, 6) is 0. The van der Waals surface area contributed by atoms with E-state index in [1.54, 1.807) is 0 Å². The van der Waals surface area contributed by atoms with Crippen LogP contribution in [0.15, 0.2) is 0 Å². The van der Waals surface area contributed by atoms with E-state index in [4.69, 9.17) is 0 Å². The predicted octanol–water partition coefficient (Wildman–Crippen LogP) is 2.63. The van der Waals surface area contributed by atoms with Gasteiger partial charge in [0.15, 0.2) is 0 Å². The minimum Gasteiger partial charge on any atom is -0.183 e. The van der Waals surface area contributed by atoms with Crippen molar-refractivity contribution < 1.29 is 30.6 Å². The van der Waals surface area contributed by atoms with Crippen molar-refractivity contribution >= 4 is 27.6 Å². The molecule has 1 nitrogen and oxygen atoms in total. The highest BCUT2D eigenvalue weighted by atomic mass is 79.9. The molecule has 0 bridgehead atoms. The van der Waals surface area contributed by atoms with E-state index in [0.29, 0.717) is 0 Å². The monoisotopic (exact) mass is 277 g/mol. The van der Waals surface area contributed by atoms with Crippen molar-refractivity contribution in [1.82, 2.24) is 0 Å². The number of hydrogen-bond donors (Lipinski definition) is 0. The van der Waals surface area contributed by atoms with E-state index < -0.39 is 27.7 Å². The van der Waals surface area contributed by atoms with Crippen LogP contribution in [-0.2, 0) is 15.9 Å². The van der Waals surface area contributed by atoms with E-state index >= 15 is 0 Å². The van der Waals surface area contributed by atoms with Crippen molar-refractivity contribution in [3.8, 4) is 0 Å². The van der Waals surface area contributed by atoms with Crippen LogP contribution in [-0.4, -0.2) is 16.0 Å². The molecule has 0 saturated heterocycles. The molecule has 0 rings (SSSR count). The summed E-state index contributed by atoms with van der Waals surface area (Å²) in [6.45, 7) is 0. The highest BCUT2D eigenvalue weighted by molar-refractivity contribution is 9.10. The Morgan fingerprint density at radius 1 is 1.00 bits per heavy atom. The third-order valence-corrected chi connectivity index (χ3v) is 2.37. The summed E-state index contributed by atoms with van der Waals surface area (Å²) in [5.41, 5.74) is 0. The van der Waals surface area contributed by atoms with Crippen molar-refractivity contribution in [3.63, 3.8) is 0 Å². The largest absolute Gasteiger partial charge is 0.548 e. The first kappa shape index (κ1) is 12.1. The number of halogens is 7. The molecule has 1 unspecified atom stereocenters. The molecule has 1 atom stereocenters. The second-order valence-corrected chi connectivity index (χ2v) is 3.40. The second-order valence-electron chi connectivity index (χ2n) is 1.67. The molecule has 0 fully saturated rings. The molecule has 0 aliphatic rings. The molecule has 9 heteroatoms. The van der Waals surface area contributed by atoms with Crippen LogP contribution in [0.1, 0.15) is 0 Å². The van der Waals surface area contributed by atoms with Gasteiger partial charge in [0, 0.05) is 20.1 Å². The van der Waals surface area contributed by atoms with Gasteiger partial charge in [0.05, 0.1) is 0 Å². The Morgan fingerprint density at radius 2 is 1.33 bits per heavy atom. The van der Waals surface area contributed by atoms with Crippen LogP contribution in [0.5, 0.6) is 0 Å². The Labute approximate surface area is 74.7 Å². The fraction of sp³-hybridized carbons (Fsp3) is 1.00. The molecule has 0 N–H and O–H groups in total. The Balaban J connectivity index is 5.09. The van der Waals surface area contributed by atoms with Gasteiger partial charge in [-0.2, -0.15) is 26.3 Å². The lowest BCUT2D eigenvalue weighted by Gasteiger charge is -2.15. The first-order chi connectivity index (χ1) is 5.06. The maximum absolute atomic E-state index is 12.3. The summed E-state index contributed by atoms with van der Waals surface area (Å²) in [4.78, 5) is -4.94. The van der Waals surface area contributed by atoms with Gasteiger partial charge in [0.1, 0.15) is 0 Å². The summed E-state index contributed by atoms with van der Waals surface area (Å²) >= 11 is -0.705. The highest BCUT2D eigenvalue weighted by Gasteiger charge is 2.83. The van der Waals surface area contributed by atoms with Crippen molar-refractivity contribution in [1.29, 1.82) is 0 Å². The molecule has 0 aromatic heterocycles. The van der Waals surface area contributed by atoms with Crippen molar-refractivity contribution in [2.75, 3.05) is 0 Å². The Hall–Kier alpha value is 0.0800. The third-order valence-electron chi connectivity index (χ3n) is 0.844. The lowest BCUT2D eigenvalue weighted by molar-refractivity contribution is -0.235. The molecule has 0 aliphatic carbocycles. The number of alkyl halides is 7. The number of rotatable bonds is 2. The highest BCUT2D eigenvalue weighted by Crippen LogP contribution is 2.48. The zero-order valence-electron chi connectivity index (χ0n) is 4.96. The van der Waals surface area contributed by atoms with E-state index in [-0.39, 0.29) is 0 Å². The van der Waals surface area contributed by atoms with Gasteiger partial charge >= 0.3 is 27.7 Å². The molecule has 0 aromatic rings. The molecule has 0 aromatic carbocycles. The van der Waals surface area contributed by atoms with Crippen LogP contribution >= 0.6 is 15.9 Å². The van der Waals surface area contributed by atoms with E-state index in [2.05, 4.69) is 0 Å². The quantitative estimate of drug-likeness (QED) is 0.431. The van der Waals surface area contributed by atoms with Crippen LogP contribution in [0, 0.1) is 0 Å². The van der Waals surface area contributed by atoms with E-state index in [9.17, 15) is 30.6 Å². The molecule has 0 aliphatic heterocycles. The van der Waals surface area contributed by atoms with Crippen LogP contribution in [0.4, 0.5) is 26.3 Å². The molecule has 0 amide bonds. The van der Waals surface area contributed by atoms with E-state index in [1.807, 2.05) is 0 Å². The zero-order chi connectivity index (χ0) is 10.2. The van der Waals surface area contributed by atoms with Gasteiger partial charge in [0.2, 0.25) is 0 Å². The topological polar surface area (TPSA) is 17.1 Å². The third kappa shape index (κ3) is 1.87. The lowest BCUT2D eigenvalue weighted by atomic mass is 10.4. The lowest BCUT2D eigenvalue weighted by Crippen LogP contribution is -2.51. The average molecular weight is 278 g/mol. The molecule has 0 spiro atoms. The first-order valence-electron chi connectivity index (χ1n) is 2.19. The first-order valence-corrected chi connectivity index (χ1v) is 3.73. The number of hydrogen-bond acceptors (Lipinski definition) is 1. The SMILES string of the molecule is O=[S+]C(F)(C(F)(F)F)C(F)(F)Br. The van der Waals surface area contributed by atoms with Crippen LogP contribution < -0.4 is 0 Å². The molecule has 12 heavy (non-hydrogen) atoms. The summed E-state index contributed by atoms with van der Waals surface area (Å²) in [6, 6.07) is 0. The summed E-state index contributed by atoms with van der Waals surface area (Å²) in [6.07, 6.45) is -5.92. The van der Waals surface area contributed by atoms with Crippen LogP contribution in [0.2, 0.25) is 0 Å². The predicted molar refractivity (Wildman–Crippen MR) is 31.8 cm³/mol. The summed E-state index contributed by atoms with van der Waals surface area (Å²) in [7, 11) is 0.